The van der Waals surface area contributed by atoms with Crippen molar-refractivity contribution in [3.05, 3.63) is 81.1 Å². The van der Waals surface area contributed by atoms with Gasteiger partial charge in [0.1, 0.15) is 10.7 Å². The number of nitrogens with zero attached hydrogens (tertiary/aromatic N) is 2. The Bertz CT molecular complexity index is 1130. The molecule has 1 heterocycles. The zero-order chi connectivity index (χ0) is 21.8. The van der Waals surface area contributed by atoms with Crippen LogP contribution in [0.3, 0.4) is 0 Å². The average molecular weight is 446 g/mol. The quantitative estimate of drug-likeness (QED) is 0.456. The van der Waals surface area contributed by atoms with E-state index in [4.69, 9.17) is 27.9 Å². The van der Waals surface area contributed by atoms with Gasteiger partial charge in [0.05, 0.1) is 11.4 Å². The van der Waals surface area contributed by atoms with Crippen molar-refractivity contribution < 1.29 is 19.1 Å². The van der Waals surface area contributed by atoms with Crippen LogP contribution in [0.25, 0.3) is 0 Å². The third kappa shape index (κ3) is 4.69. The van der Waals surface area contributed by atoms with Crippen molar-refractivity contribution in [3.63, 3.8) is 0 Å². The Morgan fingerprint density at radius 3 is 2.43 bits per heavy atom. The SMILES string of the molecule is Cc1nn(C)c(Cl)c1C(=O)OCC(=O)Nc1ccc(Cl)cc1C(=O)c1ccccc1. The van der Waals surface area contributed by atoms with Crippen LogP contribution in [0.15, 0.2) is 48.5 Å². The van der Waals surface area contributed by atoms with Gasteiger partial charge in [-0.3, -0.25) is 14.3 Å². The molecule has 1 amide bonds. The molecule has 0 fully saturated rings. The highest BCUT2D eigenvalue weighted by atomic mass is 35.5. The molecule has 0 aliphatic heterocycles. The third-order valence-electron chi connectivity index (χ3n) is 4.23. The minimum Gasteiger partial charge on any atom is -0.452 e. The van der Waals surface area contributed by atoms with Crippen molar-refractivity contribution in [2.75, 3.05) is 11.9 Å². The number of ether oxygens (including phenoxy) is 1. The van der Waals surface area contributed by atoms with Crippen molar-refractivity contribution in [1.82, 2.24) is 9.78 Å². The van der Waals surface area contributed by atoms with Crippen LogP contribution in [0.5, 0.6) is 0 Å². The molecule has 3 rings (SSSR count). The summed E-state index contributed by atoms with van der Waals surface area (Å²) in [6.45, 7) is 1.04. The summed E-state index contributed by atoms with van der Waals surface area (Å²) in [7, 11) is 1.59. The number of ketones is 1. The van der Waals surface area contributed by atoms with E-state index in [0.29, 0.717) is 16.3 Å². The number of benzene rings is 2. The van der Waals surface area contributed by atoms with E-state index in [-0.39, 0.29) is 27.8 Å². The number of anilines is 1. The smallest absolute Gasteiger partial charge is 0.343 e. The number of carbonyl (C=O) groups excluding carboxylic acids is 3. The van der Waals surface area contributed by atoms with Crippen molar-refractivity contribution in [3.8, 4) is 0 Å². The van der Waals surface area contributed by atoms with Gasteiger partial charge >= 0.3 is 5.97 Å². The summed E-state index contributed by atoms with van der Waals surface area (Å²) < 4.78 is 6.38. The van der Waals surface area contributed by atoms with Crippen LogP contribution in [0.2, 0.25) is 10.2 Å². The molecule has 0 aliphatic rings. The minimum absolute atomic E-state index is 0.0957. The van der Waals surface area contributed by atoms with Crippen LogP contribution in [0.1, 0.15) is 32.0 Å². The zero-order valence-electron chi connectivity index (χ0n) is 16.1. The summed E-state index contributed by atoms with van der Waals surface area (Å²) >= 11 is 12.1. The second-order valence-corrected chi connectivity index (χ2v) is 7.18. The summed E-state index contributed by atoms with van der Waals surface area (Å²) in [6.07, 6.45) is 0. The predicted molar refractivity (Wildman–Crippen MR) is 113 cm³/mol. The van der Waals surface area contributed by atoms with E-state index >= 15 is 0 Å². The van der Waals surface area contributed by atoms with E-state index in [2.05, 4.69) is 10.4 Å². The largest absolute Gasteiger partial charge is 0.452 e. The zero-order valence-corrected chi connectivity index (χ0v) is 17.6. The van der Waals surface area contributed by atoms with E-state index in [9.17, 15) is 14.4 Å². The molecule has 0 saturated carbocycles. The van der Waals surface area contributed by atoms with Gasteiger partial charge in [-0.1, -0.05) is 53.5 Å². The molecule has 3 aromatic rings. The summed E-state index contributed by atoms with van der Waals surface area (Å²) in [6, 6.07) is 13.1. The molecule has 0 bridgehead atoms. The number of nitrogens with one attached hydrogen (secondary N) is 1. The van der Waals surface area contributed by atoms with E-state index in [1.165, 1.54) is 16.8 Å². The number of halogens is 2. The lowest BCUT2D eigenvalue weighted by Gasteiger charge is -2.11. The highest BCUT2D eigenvalue weighted by Crippen LogP contribution is 2.24. The van der Waals surface area contributed by atoms with Crippen LogP contribution < -0.4 is 5.32 Å². The molecule has 7 nitrogen and oxygen atoms in total. The lowest BCUT2D eigenvalue weighted by atomic mass is 10.0. The first-order valence-electron chi connectivity index (χ1n) is 8.83. The van der Waals surface area contributed by atoms with Crippen molar-refractivity contribution in [2.45, 2.75) is 6.92 Å². The molecule has 0 spiro atoms. The Morgan fingerprint density at radius 2 is 1.80 bits per heavy atom. The number of esters is 1. The Morgan fingerprint density at radius 1 is 1.10 bits per heavy atom. The van der Waals surface area contributed by atoms with Crippen LogP contribution in [0.4, 0.5) is 5.69 Å². The van der Waals surface area contributed by atoms with Gasteiger partial charge in [0.25, 0.3) is 5.91 Å². The maximum atomic E-state index is 12.8. The van der Waals surface area contributed by atoms with Crippen molar-refractivity contribution in [1.29, 1.82) is 0 Å². The molecule has 0 saturated heterocycles. The number of carbonyl (C=O) groups is 3. The van der Waals surface area contributed by atoms with Gasteiger partial charge in [-0.05, 0) is 25.1 Å². The van der Waals surface area contributed by atoms with E-state index < -0.39 is 18.5 Å². The molecule has 0 aliphatic carbocycles. The summed E-state index contributed by atoms with van der Waals surface area (Å²) in [5, 5.41) is 7.07. The fourth-order valence-corrected chi connectivity index (χ4v) is 3.23. The lowest BCUT2D eigenvalue weighted by Crippen LogP contribution is -2.22. The van der Waals surface area contributed by atoms with Crippen LogP contribution in [-0.4, -0.2) is 34.0 Å². The predicted octanol–water partition coefficient (Wildman–Crippen LogP) is 4.06. The maximum Gasteiger partial charge on any atom is 0.343 e. The normalized spacial score (nSPS) is 10.5. The van der Waals surface area contributed by atoms with Gasteiger partial charge in [-0.15, -0.1) is 0 Å². The van der Waals surface area contributed by atoms with E-state index in [0.717, 1.165) is 0 Å². The lowest BCUT2D eigenvalue weighted by molar-refractivity contribution is -0.119. The first kappa shape index (κ1) is 21.5. The minimum atomic E-state index is -0.766. The maximum absolute atomic E-state index is 12.8. The highest BCUT2D eigenvalue weighted by molar-refractivity contribution is 6.33. The molecular formula is C21H17Cl2N3O4. The van der Waals surface area contributed by atoms with Gasteiger partial charge in [-0.2, -0.15) is 5.10 Å². The molecular weight excluding hydrogens is 429 g/mol. The number of rotatable bonds is 6. The first-order chi connectivity index (χ1) is 14.3. The van der Waals surface area contributed by atoms with E-state index in [1.807, 2.05) is 0 Å². The number of hydrogen-bond donors (Lipinski definition) is 1. The molecule has 0 radical (unpaired) electrons. The number of aromatic nitrogens is 2. The highest BCUT2D eigenvalue weighted by Gasteiger charge is 2.22. The average Bonchev–Trinajstić information content (AvgIpc) is 2.99. The Hall–Kier alpha value is -3.16. The van der Waals surface area contributed by atoms with Gasteiger partial charge in [0.15, 0.2) is 12.4 Å². The van der Waals surface area contributed by atoms with E-state index in [1.54, 1.807) is 50.4 Å². The van der Waals surface area contributed by atoms with Crippen molar-refractivity contribution in [2.24, 2.45) is 7.05 Å². The molecule has 0 atom stereocenters. The summed E-state index contributed by atoms with van der Waals surface area (Å²) in [5.74, 6) is -1.69. The summed E-state index contributed by atoms with van der Waals surface area (Å²) in [5.41, 5.74) is 1.41. The fourth-order valence-electron chi connectivity index (χ4n) is 2.81. The van der Waals surface area contributed by atoms with Gasteiger partial charge in [0.2, 0.25) is 0 Å². The monoisotopic (exact) mass is 445 g/mol. The standard InChI is InChI=1S/C21H17Cl2N3O4/c1-12-18(20(23)26(2)25-12)21(29)30-11-17(27)24-16-9-8-14(22)10-15(16)19(28)13-6-4-3-5-7-13/h3-10H,11H2,1-2H3,(H,24,27). The fraction of sp³-hybridized carbons (Fsp3) is 0.143. The molecule has 30 heavy (non-hydrogen) atoms. The molecule has 9 heteroatoms. The number of amides is 1. The second-order valence-electron chi connectivity index (χ2n) is 6.38. The Kier molecular flexibility index (Phi) is 6.54. The molecule has 154 valence electrons. The van der Waals surface area contributed by atoms with Crippen LogP contribution in [-0.2, 0) is 16.6 Å². The van der Waals surface area contributed by atoms with Crippen LogP contribution >= 0.6 is 23.2 Å². The van der Waals surface area contributed by atoms with Crippen molar-refractivity contribution >= 4 is 46.5 Å². The number of aryl methyl sites for hydroxylation is 2. The molecule has 0 unspecified atom stereocenters. The molecule has 2 aromatic carbocycles. The Labute approximate surface area is 182 Å². The molecule has 1 N–H and O–H groups in total. The molecule has 1 aromatic heterocycles. The van der Waals surface area contributed by atoms with Gasteiger partial charge in [-0.25, -0.2) is 4.79 Å². The second kappa shape index (κ2) is 9.11. The van der Waals surface area contributed by atoms with Gasteiger partial charge < -0.3 is 10.1 Å². The topological polar surface area (TPSA) is 90.3 Å². The first-order valence-corrected chi connectivity index (χ1v) is 9.59. The third-order valence-corrected chi connectivity index (χ3v) is 4.90. The Balaban J connectivity index is 1.73. The van der Waals surface area contributed by atoms with Gasteiger partial charge in [0, 0.05) is 23.2 Å². The summed E-state index contributed by atoms with van der Waals surface area (Å²) in [4.78, 5) is 37.4. The van der Waals surface area contributed by atoms with Crippen LogP contribution in [0, 0.1) is 6.92 Å². The number of hydrogen-bond acceptors (Lipinski definition) is 5.